The number of benzene rings is 2. The van der Waals surface area contributed by atoms with Crippen LogP contribution in [0.4, 0.5) is 16.3 Å². The van der Waals surface area contributed by atoms with Gasteiger partial charge < -0.3 is 5.32 Å². The molecule has 150 valence electrons. The van der Waals surface area contributed by atoms with Gasteiger partial charge in [0.15, 0.2) is 0 Å². The summed E-state index contributed by atoms with van der Waals surface area (Å²) in [6.07, 6.45) is 2.78. The third kappa shape index (κ3) is 3.96. The smallest absolute Gasteiger partial charge is 0.257 e. The van der Waals surface area contributed by atoms with Crippen LogP contribution >= 0.6 is 11.6 Å². The van der Waals surface area contributed by atoms with Crippen LogP contribution in [-0.2, 0) is 10.0 Å². The van der Waals surface area contributed by atoms with E-state index in [4.69, 9.17) is 11.6 Å². The Labute approximate surface area is 172 Å². The number of fused-ring (bicyclic) bond motifs is 1. The minimum absolute atomic E-state index is 0.119. The van der Waals surface area contributed by atoms with Crippen LogP contribution in [0.2, 0.25) is 5.02 Å². The second-order valence-electron chi connectivity index (χ2n) is 6.73. The molecule has 1 aliphatic heterocycles. The van der Waals surface area contributed by atoms with Gasteiger partial charge in [0.2, 0.25) is 16.0 Å². The third-order valence-electron chi connectivity index (χ3n) is 4.40. The summed E-state index contributed by atoms with van der Waals surface area (Å²) < 4.78 is 41.5. The van der Waals surface area contributed by atoms with Gasteiger partial charge in [-0.05, 0) is 30.7 Å². The maximum Gasteiger partial charge on any atom is 0.257 e. The number of aryl methyl sites for hydroxylation is 1. The number of rotatable bonds is 4. The van der Waals surface area contributed by atoms with Gasteiger partial charge in [-0.1, -0.05) is 47.5 Å². The fourth-order valence-electron chi connectivity index (χ4n) is 3.10. The molecule has 0 spiro atoms. The summed E-state index contributed by atoms with van der Waals surface area (Å²) in [5.41, 5.74) is 2.86. The monoisotopic (exact) mass is 433 g/mol. The van der Waals surface area contributed by atoms with Crippen molar-refractivity contribution in [2.75, 3.05) is 16.3 Å². The third-order valence-corrected chi connectivity index (χ3v) is 5.28. The highest BCUT2D eigenvalue weighted by Gasteiger charge is 2.29. The van der Waals surface area contributed by atoms with Gasteiger partial charge in [0.1, 0.15) is 11.9 Å². The molecule has 4 rings (SSSR count). The normalized spacial score (nSPS) is 16.0. The lowest BCUT2D eigenvalue weighted by Crippen LogP contribution is -2.21. The van der Waals surface area contributed by atoms with Gasteiger partial charge in [0.25, 0.3) is 5.95 Å². The Kier molecular flexibility index (Phi) is 4.79. The predicted octanol–water partition coefficient (Wildman–Crippen LogP) is 3.81. The molecule has 0 saturated carbocycles. The van der Waals surface area contributed by atoms with Crippen molar-refractivity contribution in [1.82, 2.24) is 14.8 Å². The standard InChI is InChI=1S/C19H17ClFN5O2S/c1-11-6-8-12(9-7-11)15-10-16(17-13(20)4-3-5-14(17)21)26-19(22-15)23-18(24-26)25-29(2,27)28/h3-10,16H,1-2H3,(H2,22,23,24,25)/t16-/m0/s1. The van der Waals surface area contributed by atoms with E-state index >= 15 is 0 Å². The topological polar surface area (TPSA) is 88.9 Å². The molecule has 2 heterocycles. The van der Waals surface area contributed by atoms with E-state index in [1.807, 2.05) is 31.2 Å². The molecule has 29 heavy (non-hydrogen) atoms. The summed E-state index contributed by atoms with van der Waals surface area (Å²) in [6.45, 7) is 1.98. The second kappa shape index (κ2) is 7.16. The van der Waals surface area contributed by atoms with Gasteiger partial charge in [0, 0.05) is 16.3 Å². The number of halogens is 2. The molecular formula is C19H17ClFN5O2S. The second-order valence-corrected chi connectivity index (χ2v) is 8.89. The molecule has 0 bridgehead atoms. The van der Waals surface area contributed by atoms with Gasteiger partial charge in [0.05, 0.1) is 6.26 Å². The Morgan fingerprint density at radius 1 is 1.21 bits per heavy atom. The molecule has 1 aromatic heterocycles. The van der Waals surface area contributed by atoms with Gasteiger partial charge >= 0.3 is 0 Å². The zero-order chi connectivity index (χ0) is 20.8. The lowest BCUT2D eigenvalue weighted by molar-refractivity contribution is 0.552. The van der Waals surface area contributed by atoms with Crippen molar-refractivity contribution in [3.05, 3.63) is 76.1 Å². The number of aromatic nitrogens is 3. The maximum atomic E-state index is 14.7. The van der Waals surface area contributed by atoms with Gasteiger partial charge in [-0.25, -0.2) is 17.5 Å². The van der Waals surface area contributed by atoms with Crippen molar-refractivity contribution in [3.63, 3.8) is 0 Å². The number of hydrogen-bond donors (Lipinski definition) is 2. The Morgan fingerprint density at radius 3 is 2.59 bits per heavy atom. The minimum atomic E-state index is -3.58. The molecule has 2 aromatic carbocycles. The molecular weight excluding hydrogens is 417 g/mol. The summed E-state index contributed by atoms with van der Waals surface area (Å²) >= 11 is 6.29. The lowest BCUT2D eigenvalue weighted by Gasteiger charge is -2.25. The van der Waals surface area contributed by atoms with Crippen molar-refractivity contribution >= 4 is 39.2 Å². The fourth-order valence-corrected chi connectivity index (χ4v) is 3.80. The molecule has 0 radical (unpaired) electrons. The SMILES string of the molecule is Cc1ccc(C2=C[C@@H](c3c(F)cccc3Cl)n3nc(NS(C)(=O)=O)nc3N2)cc1. The molecule has 1 atom stereocenters. The first-order valence-corrected chi connectivity index (χ1v) is 10.9. The van der Waals surface area contributed by atoms with Crippen molar-refractivity contribution in [2.45, 2.75) is 13.0 Å². The van der Waals surface area contributed by atoms with Crippen LogP contribution in [0.5, 0.6) is 0 Å². The largest absolute Gasteiger partial charge is 0.324 e. The number of hydrogen-bond acceptors (Lipinski definition) is 5. The molecule has 0 aliphatic carbocycles. The van der Waals surface area contributed by atoms with E-state index in [0.717, 1.165) is 17.4 Å². The zero-order valence-corrected chi connectivity index (χ0v) is 17.1. The van der Waals surface area contributed by atoms with Crippen LogP contribution in [-0.4, -0.2) is 29.4 Å². The summed E-state index contributed by atoms with van der Waals surface area (Å²) in [7, 11) is -3.58. The van der Waals surface area contributed by atoms with Gasteiger partial charge in [-0.3, -0.25) is 4.72 Å². The first-order valence-electron chi connectivity index (χ1n) is 8.65. The van der Waals surface area contributed by atoms with Crippen LogP contribution in [0.25, 0.3) is 5.70 Å². The van der Waals surface area contributed by atoms with E-state index in [0.29, 0.717) is 5.70 Å². The molecule has 2 N–H and O–H groups in total. The summed E-state index contributed by atoms with van der Waals surface area (Å²) in [6, 6.07) is 11.5. The average Bonchev–Trinajstić information content (AvgIpc) is 3.02. The summed E-state index contributed by atoms with van der Waals surface area (Å²) in [5, 5.41) is 7.56. The highest BCUT2D eigenvalue weighted by molar-refractivity contribution is 7.91. The van der Waals surface area contributed by atoms with Crippen molar-refractivity contribution in [2.24, 2.45) is 0 Å². The quantitative estimate of drug-likeness (QED) is 0.653. The van der Waals surface area contributed by atoms with Crippen LogP contribution in [0, 0.1) is 12.7 Å². The number of allylic oxidation sites excluding steroid dienone is 1. The Hall–Kier alpha value is -2.91. The molecule has 0 unspecified atom stereocenters. The van der Waals surface area contributed by atoms with Crippen LogP contribution in [0.3, 0.4) is 0 Å². The Balaban J connectivity index is 1.87. The first kappa shape index (κ1) is 19.4. The first-order chi connectivity index (χ1) is 13.7. The molecule has 7 nitrogen and oxygen atoms in total. The number of anilines is 2. The summed E-state index contributed by atoms with van der Waals surface area (Å²) in [5.74, 6) is -0.354. The average molecular weight is 434 g/mol. The highest BCUT2D eigenvalue weighted by atomic mass is 35.5. The van der Waals surface area contributed by atoms with Crippen LogP contribution in [0.15, 0.2) is 48.5 Å². The Bertz CT molecular complexity index is 1200. The van der Waals surface area contributed by atoms with E-state index in [1.54, 1.807) is 12.1 Å². The van der Waals surface area contributed by atoms with Crippen molar-refractivity contribution in [3.8, 4) is 0 Å². The Morgan fingerprint density at radius 2 is 1.93 bits per heavy atom. The van der Waals surface area contributed by atoms with E-state index in [1.165, 1.54) is 16.8 Å². The highest BCUT2D eigenvalue weighted by Crippen LogP contribution is 2.37. The van der Waals surface area contributed by atoms with E-state index in [2.05, 4.69) is 20.1 Å². The van der Waals surface area contributed by atoms with E-state index < -0.39 is 21.9 Å². The molecule has 0 amide bonds. The number of sulfonamides is 1. The van der Waals surface area contributed by atoms with Crippen molar-refractivity contribution in [1.29, 1.82) is 0 Å². The minimum Gasteiger partial charge on any atom is -0.324 e. The van der Waals surface area contributed by atoms with Crippen LogP contribution in [0.1, 0.15) is 22.7 Å². The van der Waals surface area contributed by atoms with Crippen molar-refractivity contribution < 1.29 is 12.8 Å². The fraction of sp³-hybridized carbons (Fsp3) is 0.158. The molecule has 0 fully saturated rings. The maximum absolute atomic E-state index is 14.7. The summed E-state index contributed by atoms with van der Waals surface area (Å²) in [4.78, 5) is 4.21. The molecule has 1 aliphatic rings. The zero-order valence-electron chi connectivity index (χ0n) is 15.5. The molecule has 3 aromatic rings. The van der Waals surface area contributed by atoms with Crippen LogP contribution < -0.4 is 10.0 Å². The number of nitrogens with one attached hydrogen (secondary N) is 2. The van der Waals surface area contributed by atoms with Gasteiger partial charge in [-0.15, -0.1) is 5.10 Å². The molecule has 0 saturated heterocycles. The van der Waals surface area contributed by atoms with E-state index in [-0.39, 0.29) is 22.5 Å². The van der Waals surface area contributed by atoms with Gasteiger partial charge in [-0.2, -0.15) is 4.98 Å². The lowest BCUT2D eigenvalue weighted by atomic mass is 10.0. The predicted molar refractivity (Wildman–Crippen MR) is 111 cm³/mol. The van der Waals surface area contributed by atoms with E-state index in [9.17, 15) is 12.8 Å². The molecule has 10 heteroatoms. The number of nitrogens with zero attached hydrogens (tertiary/aromatic N) is 3.